The van der Waals surface area contributed by atoms with Crippen molar-refractivity contribution in [1.82, 2.24) is 9.97 Å². The Balaban J connectivity index is 1.47. The summed E-state index contributed by atoms with van der Waals surface area (Å²) in [6, 6.07) is 10.3. The fraction of sp³-hybridized carbons (Fsp3) is 0.333. The summed E-state index contributed by atoms with van der Waals surface area (Å²) in [5.74, 6) is -2.16. The standard InChI is InChI=1S/C27H25F2N3O2/c1-16-4-5-23(30-14-16)18-9-19(24-13-27(34-32-24)6-3-7-27)11-20(10-18)25(33)8-17(2)26-22(29)12-21(28)15-31-26/h4-5,9-12,14-15,17H,3,6-8,13H2,1-2H3/t17-/m0/s1. The smallest absolute Gasteiger partial charge is 0.163 e. The summed E-state index contributed by atoms with van der Waals surface area (Å²) in [4.78, 5) is 27.4. The molecule has 1 saturated carbocycles. The van der Waals surface area contributed by atoms with E-state index < -0.39 is 17.6 Å². The second-order valence-electron chi connectivity index (χ2n) is 9.41. The van der Waals surface area contributed by atoms with Gasteiger partial charge in [0.2, 0.25) is 0 Å². The Morgan fingerprint density at radius 1 is 1.09 bits per heavy atom. The molecule has 0 unspecified atom stereocenters. The molecule has 0 amide bonds. The molecule has 2 aromatic heterocycles. The Labute approximate surface area is 196 Å². The van der Waals surface area contributed by atoms with Crippen LogP contribution in [-0.4, -0.2) is 27.1 Å². The van der Waals surface area contributed by atoms with Crippen molar-refractivity contribution in [2.24, 2.45) is 5.16 Å². The molecule has 1 aromatic carbocycles. The van der Waals surface area contributed by atoms with E-state index in [2.05, 4.69) is 15.1 Å². The van der Waals surface area contributed by atoms with Gasteiger partial charge in [-0.25, -0.2) is 8.78 Å². The van der Waals surface area contributed by atoms with Crippen LogP contribution in [0.15, 0.2) is 53.9 Å². The maximum Gasteiger partial charge on any atom is 0.163 e. The molecule has 0 bridgehead atoms. The van der Waals surface area contributed by atoms with Gasteiger partial charge in [-0.1, -0.05) is 18.1 Å². The summed E-state index contributed by atoms with van der Waals surface area (Å²) in [6.45, 7) is 3.68. The van der Waals surface area contributed by atoms with Crippen LogP contribution in [0.2, 0.25) is 0 Å². The monoisotopic (exact) mass is 461 g/mol. The third-order valence-corrected chi connectivity index (χ3v) is 6.69. The molecule has 1 atom stereocenters. The number of nitrogens with zero attached hydrogens (tertiary/aromatic N) is 3. The molecule has 3 aromatic rings. The molecule has 7 heteroatoms. The lowest BCUT2D eigenvalue weighted by molar-refractivity contribution is -0.0755. The summed E-state index contributed by atoms with van der Waals surface area (Å²) in [7, 11) is 0. The van der Waals surface area contributed by atoms with E-state index in [0.717, 1.165) is 59.6 Å². The molecule has 5 nitrogen and oxygen atoms in total. The highest BCUT2D eigenvalue weighted by molar-refractivity contribution is 6.06. The first kappa shape index (κ1) is 22.3. The summed E-state index contributed by atoms with van der Waals surface area (Å²) < 4.78 is 27.4. The van der Waals surface area contributed by atoms with Crippen molar-refractivity contribution in [1.29, 1.82) is 0 Å². The largest absolute Gasteiger partial charge is 0.389 e. The van der Waals surface area contributed by atoms with Gasteiger partial charge in [-0.3, -0.25) is 14.8 Å². The molecule has 1 fully saturated rings. The number of pyridine rings is 2. The normalized spacial score (nSPS) is 17.1. The minimum atomic E-state index is -0.748. The fourth-order valence-corrected chi connectivity index (χ4v) is 4.54. The number of ketones is 1. The van der Waals surface area contributed by atoms with Crippen molar-refractivity contribution in [2.75, 3.05) is 0 Å². The molecule has 1 spiro atoms. The Morgan fingerprint density at radius 2 is 1.88 bits per heavy atom. The quantitative estimate of drug-likeness (QED) is 0.413. The van der Waals surface area contributed by atoms with Gasteiger partial charge in [-0.15, -0.1) is 0 Å². The number of aromatic nitrogens is 2. The van der Waals surface area contributed by atoms with Gasteiger partial charge >= 0.3 is 0 Å². The number of carbonyl (C=O) groups excluding carboxylic acids is 1. The summed E-state index contributed by atoms with van der Waals surface area (Å²) in [5, 5.41) is 4.35. The van der Waals surface area contributed by atoms with Crippen molar-refractivity contribution in [2.45, 2.75) is 57.5 Å². The van der Waals surface area contributed by atoms with E-state index in [1.54, 1.807) is 19.2 Å². The zero-order valence-electron chi connectivity index (χ0n) is 19.1. The number of hydrogen-bond acceptors (Lipinski definition) is 5. The van der Waals surface area contributed by atoms with Crippen molar-refractivity contribution in [3.63, 3.8) is 0 Å². The van der Waals surface area contributed by atoms with Crippen molar-refractivity contribution in [3.05, 3.63) is 82.8 Å². The second-order valence-corrected chi connectivity index (χ2v) is 9.41. The predicted octanol–water partition coefficient (Wildman–Crippen LogP) is 6.15. The van der Waals surface area contributed by atoms with Crippen molar-refractivity contribution >= 4 is 11.5 Å². The van der Waals surface area contributed by atoms with Crippen LogP contribution in [0, 0.1) is 18.6 Å². The molecule has 3 heterocycles. The van der Waals surface area contributed by atoms with Crippen LogP contribution in [0.3, 0.4) is 0 Å². The van der Waals surface area contributed by atoms with Gasteiger partial charge in [-0.2, -0.15) is 0 Å². The van der Waals surface area contributed by atoms with Crippen LogP contribution >= 0.6 is 0 Å². The molecule has 0 radical (unpaired) electrons. The maximum absolute atomic E-state index is 14.2. The fourth-order valence-electron chi connectivity index (χ4n) is 4.54. The minimum Gasteiger partial charge on any atom is -0.389 e. The SMILES string of the molecule is Cc1ccc(-c2cc(C(=O)C[C@H](C)c3ncc(F)cc3F)cc(C3=NOC4(CCC4)C3)c2)nc1. The van der Waals surface area contributed by atoms with Gasteiger partial charge in [0, 0.05) is 47.7 Å². The molecule has 5 rings (SSSR count). The van der Waals surface area contributed by atoms with Crippen LogP contribution < -0.4 is 0 Å². The molecule has 174 valence electrons. The van der Waals surface area contributed by atoms with E-state index >= 15 is 0 Å². The number of hydrogen-bond donors (Lipinski definition) is 0. The van der Waals surface area contributed by atoms with E-state index in [9.17, 15) is 13.6 Å². The topological polar surface area (TPSA) is 64.4 Å². The number of carbonyl (C=O) groups is 1. The highest BCUT2D eigenvalue weighted by Gasteiger charge is 2.45. The lowest BCUT2D eigenvalue weighted by atomic mass is 9.76. The average molecular weight is 462 g/mol. The van der Waals surface area contributed by atoms with Crippen LogP contribution in [0.25, 0.3) is 11.3 Å². The molecule has 0 saturated heterocycles. The van der Waals surface area contributed by atoms with E-state index in [1.807, 2.05) is 31.2 Å². The summed E-state index contributed by atoms with van der Waals surface area (Å²) in [6.07, 6.45) is 6.60. The molecule has 2 aliphatic rings. The molecular formula is C27H25F2N3O2. The average Bonchev–Trinajstić information content (AvgIpc) is 3.26. The van der Waals surface area contributed by atoms with E-state index in [0.29, 0.717) is 12.0 Å². The van der Waals surface area contributed by atoms with Crippen LogP contribution in [0.1, 0.15) is 72.1 Å². The zero-order valence-corrected chi connectivity index (χ0v) is 19.1. The Kier molecular flexibility index (Phi) is 5.71. The van der Waals surface area contributed by atoms with Crippen molar-refractivity contribution in [3.8, 4) is 11.3 Å². The first-order valence-corrected chi connectivity index (χ1v) is 11.5. The number of Topliss-reactive ketones (excluding diaryl/α,β-unsaturated/α-hetero) is 1. The van der Waals surface area contributed by atoms with Crippen LogP contribution in [-0.2, 0) is 4.84 Å². The first-order valence-electron chi connectivity index (χ1n) is 11.5. The van der Waals surface area contributed by atoms with Gasteiger partial charge in [0.25, 0.3) is 0 Å². The Morgan fingerprint density at radius 3 is 2.53 bits per heavy atom. The lowest BCUT2D eigenvalue weighted by Crippen LogP contribution is -2.36. The Hall–Kier alpha value is -3.48. The third kappa shape index (κ3) is 4.34. The minimum absolute atomic E-state index is 0.0344. The zero-order chi connectivity index (χ0) is 23.9. The molecule has 0 N–H and O–H groups in total. The number of aryl methyl sites for hydroxylation is 1. The molecule has 1 aliphatic carbocycles. The van der Waals surface area contributed by atoms with E-state index in [-0.39, 0.29) is 23.5 Å². The van der Waals surface area contributed by atoms with Crippen LogP contribution in [0.5, 0.6) is 0 Å². The predicted molar refractivity (Wildman–Crippen MR) is 125 cm³/mol. The third-order valence-electron chi connectivity index (χ3n) is 6.69. The van der Waals surface area contributed by atoms with Crippen LogP contribution in [0.4, 0.5) is 8.78 Å². The van der Waals surface area contributed by atoms with E-state index in [1.165, 1.54) is 0 Å². The lowest BCUT2D eigenvalue weighted by Gasteiger charge is -2.34. The Bertz CT molecular complexity index is 1280. The molecular weight excluding hydrogens is 436 g/mol. The highest BCUT2D eigenvalue weighted by Crippen LogP contribution is 2.43. The van der Waals surface area contributed by atoms with Gasteiger partial charge < -0.3 is 4.84 Å². The van der Waals surface area contributed by atoms with Gasteiger partial charge in [0.15, 0.2) is 5.78 Å². The number of benzene rings is 1. The van der Waals surface area contributed by atoms with Crippen molar-refractivity contribution < 1.29 is 18.4 Å². The van der Waals surface area contributed by atoms with E-state index in [4.69, 9.17) is 4.84 Å². The highest BCUT2D eigenvalue weighted by atomic mass is 19.1. The molecule has 34 heavy (non-hydrogen) atoms. The van der Waals surface area contributed by atoms with Gasteiger partial charge in [-0.05, 0) is 56.0 Å². The number of halogens is 2. The second kappa shape index (κ2) is 8.70. The van der Waals surface area contributed by atoms with Gasteiger partial charge in [0.1, 0.15) is 17.2 Å². The number of rotatable bonds is 6. The number of oxime groups is 1. The maximum atomic E-state index is 14.2. The van der Waals surface area contributed by atoms with Gasteiger partial charge in [0.05, 0.1) is 23.3 Å². The molecule has 1 aliphatic heterocycles. The summed E-state index contributed by atoms with van der Waals surface area (Å²) in [5.41, 5.74) is 4.61. The first-order chi connectivity index (χ1) is 16.3. The summed E-state index contributed by atoms with van der Waals surface area (Å²) >= 11 is 0.